The molecule has 0 saturated carbocycles. The molecular weight excluding hydrogens is 236 g/mol. The van der Waals surface area contributed by atoms with E-state index in [0.717, 1.165) is 39.0 Å². The van der Waals surface area contributed by atoms with Crippen molar-refractivity contribution >= 4 is 17.5 Å². The predicted molar refractivity (Wildman–Crippen MR) is 69.5 cm³/mol. The molecule has 92 valence electrons. The maximum Gasteiger partial charge on any atom is 0.255 e. The zero-order valence-corrected chi connectivity index (χ0v) is 10.5. The van der Waals surface area contributed by atoms with E-state index in [4.69, 9.17) is 11.6 Å². The van der Waals surface area contributed by atoms with Crippen LogP contribution in [0, 0.1) is 0 Å². The molecular formula is C13H17ClN2O. The first-order valence-corrected chi connectivity index (χ1v) is 6.41. The third-order valence-corrected chi connectivity index (χ3v) is 3.31. The van der Waals surface area contributed by atoms with Gasteiger partial charge in [-0.15, -0.1) is 0 Å². The van der Waals surface area contributed by atoms with Crippen LogP contribution in [0.2, 0.25) is 5.02 Å². The molecule has 4 heteroatoms. The molecule has 0 unspecified atom stereocenters. The third-order valence-electron chi connectivity index (χ3n) is 2.98. The van der Waals surface area contributed by atoms with E-state index in [9.17, 15) is 4.79 Å². The van der Waals surface area contributed by atoms with E-state index in [-0.39, 0.29) is 5.91 Å². The number of rotatable bonds is 1. The molecule has 0 spiro atoms. The molecule has 17 heavy (non-hydrogen) atoms. The Hall–Kier alpha value is -1.06. The molecule has 1 aromatic rings. The molecule has 3 nitrogen and oxygen atoms in total. The molecule has 1 aliphatic heterocycles. The molecule has 0 bridgehead atoms. The van der Waals surface area contributed by atoms with E-state index < -0.39 is 0 Å². The SMILES string of the molecule is O=C(c1ccccc1Cl)N1CCCCNCC1. The van der Waals surface area contributed by atoms with Crippen LogP contribution >= 0.6 is 11.6 Å². The fraction of sp³-hybridized carbons (Fsp3) is 0.462. The minimum absolute atomic E-state index is 0.0410. The summed E-state index contributed by atoms with van der Waals surface area (Å²) in [4.78, 5) is 14.2. The topological polar surface area (TPSA) is 32.3 Å². The van der Waals surface area contributed by atoms with E-state index in [2.05, 4.69) is 5.32 Å². The van der Waals surface area contributed by atoms with Gasteiger partial charge in [0.2, 0.25) is 0 Å². The van der Waals surface area contributed by atoms with Crippen LogP contribution in [0.25, 0.3) is 0 Å². The zero-order chi connectivity index (χ0) is 12.1. The van der Waals surface area contributed by atoms with E-state index >= 15 is 0 Å². The first-order chi connectivity index (χ1) is 8.29. The van der Waals surface area contributed by atoms with Crippen molar-refractivity contribution in [1.29, 1.82) is 0 Å². The summed E-state index contributed by atoms with van der Waals surface area (Å²) in [7, 11) is 0. The number of carbonyl (C=O) groups excluding carboxylic acids is 1. The van der Waals surface area contributed by atoms with Gasteiger partial charge in [-0.1, -0.05) is 23.7 Å². The number of halogens is 1. The molecule has 1 fully saturated rings. The van der Waals surface area contributed by atoms with E-state index in [1.54, 1.807) is 12.1 Å². The molecule has 2 rings (SSSR count). The van der Waals surface area contributed by atoms with Gasteiger partial charge in [-0.05, 0) is 31.5 Å². The van der Waals surface area contributed by atoms with Gasteiger partial charge in [-0.25, -0.2) is 0 Å². The normalized spacial score (nSPS) is 17.4. The Kier molecular flexibility index (Phi) is 4.40. The minimum Gasteiger partial charge on any atom is -0.337 e. The Morgan fingerprint density at radius 2 is 2.00 bits per heavy atom. The van der Waals surface area contributed by atoms with Crippen molar-refractivity contribution in [2.24, 2.45) is 0 Å². The first kappa shape index (κ1) is 12.4. The van der Waals surface area contributed by atoms with Crippen LogP contribution in [0.4, 0.5) is 0 Å². The summed E-state index contributed by atoms with van der Waals surface area (Å²) in [5.41, 5.74) is 0.606. The standard InChI is InChI=1S/C13H17ClN2O/c14-12-6-2-1-5-11(12)13(17)16-9-4-3-7-15-8-10-16/h1-2,5-6,15H,3-4,7-10H2. The minimum atomic E-state index is 0.0410. The van der Waals surface area contributed by atoms with E-state index in [1.165, 1.54) is 0 Å². The van der Waals surface area contributed by atoms with Gasteiger partial charge in [0.25, 0.3) is 5.91 Å². The van der Waals surface area contributed by atoms with Crippen molar-refractivity contribution in [1.82, 2.24) is 10.2 Å². The van der Waals surface area contributed by atoms with E-state index in [1.807, 2.05) is 17.0 Å². The molecule has 0 atom stereocenters. The molecule has 1 aromatic carbocycles. The van der Waals surface area contributed by atoms with Gasteiger partial charge in [0, 0.05) is 19.6 Å². The fourth-order valence-corrected chi connectivity index (χ4v) is 2.23. The maximum absolute atomic E-state index is 12.3. The van der Waals surface area contributed by atoms with Crippen molar-refractivity contribution in [3.63, 3.8) is 0 Å². The monoisotopic (exact) mass is 252 g/mol. The Bertz CT molecular complexity index is 387. The highest BCUT2D eigenvalue weighted by Crippen LogP contribution is 2.17. The summed E-state index contributed by atoms with van der Waals surface area (Å²) in [5, 5.41) is 3.85. The number of benzene rings is 1. The quantitative estimate of drug-likeness (QED) is 0.831. The zero-order valence-electron chi connectivity index (χ0n) is 9.79. The summed E-state index contributed by atoms with van der Waals surface area (Å²) in [6.45, 7) is 3.49. The number of hydrogen-bond acceptors (Lipinski definition) is 2. The lowest BCUT2D eigenvalue weighted by Gasteiger charge is -2.25. The number of carbonyl (C=O) groups is 1. The smallest absolute Gasteiger partial charge is 0.255 e. The Morgan fingerprint density at radius 1 is 1.18 bits per heavy atom. The molecule has 1 N–H and O–H groups in total. The van der Waals surface area contributed by atoms with Gasteiger partial charge in [-0.3, -0.25) is 4.79 Å². The summed E-state index contributed by atoms with van der Waals surface area (Å²) in [6, 6.07) is 7.24. The van der Waals surface area contributed by atoms with Crippen LogP contribution in [-0.2, 0) is 0 Å². The molecule has 0 aromatic heterocycles. The second kappa shape index (κ2) is 6.03. The van der Waals surface area contributed by atoms with Crippen molar-refractivity contribution in [2.75, 3.05) is 26.2 Å². The molecule has 1 amide bonds. The summed E-state index contributed by atoms with van der Waals surface area (Å²) < 4.78 is 0. The van der Waals surface area contributed by atoms with Crippen molar-refractivity contribution < 1.29 is 4.79 Å². The molecule has 1 heterocycles. The number of nitrogens with zero attached hydrogens (tertiary/aromatic N) is 1. The van der Waals surface area contributed by atoms with Gasteiger partial charge in [0.05, 0.1) is 10.6 Å². The summed E-state index contributed by atoms with van der Waals surface area (Å²) in [6.07, 6.45) is 2.16. The summed E-state index contributed by atoms with van der Waals surface area (Å²) >= 11 is 6.05. The lowest BCUT2D eigenvalue weighted by atomic mass is 10.1. The van der Waals surface area contributed by atoms with E-state index in [0.29, 0.717) is 10.6 Å². The van der Waals surface area contributed by atoms with Crippen LogP contribution in [0.15, 0.2) is 24.3 Å². The highest BCUT2D eigenvalue weighted by molar-refractivity contribution is 6.33. The average Bonchev–Trinajstić information content (AvgIpc) is 2.28. The van der Waals surface area contributed by atoms with Gasteiger partial charge in [0.1, 0.15) is 0 Å². The van der Waals surface area contributed by atoms with Crippen LogP contribution < -0.4 is 5.32 Å². The molecule has 0 radical (unpaired) electrons. The van der Waals surface area contributed by atoms with Crippen molar-refractivity contribution in [3.05, 3.63) is 34.9 Å². The lowest BCUT2D eigenvalue weighted by molar-refractivity contribution is 0.0748. The second-order valence-corrected chi connectivity index (χ2v) is 4.64. The van der Waals surface area contributed by atoms with Gasteiger partial charge in [0.15, 0.2) is 0 Å². The predicted octanol–water partition coefficient (Wildman–Crippen LogP) is 2.17. The van der Waals surface area contributed by atoms with Crippen molar-refractivity contribution in [2.45, 2.75) is 12.8 Å². The molecule has 0 aliphatic carbocycles. The Morgan fingerprint density at radius 3 is 2.82 bits per heavy atom. The van der Waals surface area contributed by atoms with Gasteiger partial charge >= 0.3 is 0 Å². The van der Waals surface area contributed by atoms with Crippen LogP contribution in [-0.4, -0.2) is 37.0 Å². The highest BCUT2D eigenvalue weighted by Gasteiger charge is 2.18. The fourth-order valence-electron chi connectivity index (χ4n) is 2.01. The Labute approximate surface area is 107 Å². The van der Waals surface area contributed by atoms with Crippen LogP contribution in [0.3, 0.4) is 0 Å². The van der Waals surface area contributed by atoms with Crippen LogP contribution in [0.1, 0.15) is 23.2 Å². The van der Waals surface area contributed by atoms with Crippen LogP contribution in [0.5, 0.6) is 0 Å². The number of hydrogen-bond donors (Lipinski definition) is 1. The highest BCUT2D eigenvalue weighted by atomic mass is 35.5. The second-order valence-electron chi connectivity index (χ2n) is 4.23. The number of amides is 1. The summed E-state index contributed by atoms with van der Waals surface area (Å²) in [5.74, 6) is 0.0410. The van der Waals surface area contributed by atoms with Crippen molar-refractivity contribution in [3.8, 4) is 0 Å². The molecule has 1 aliphatic rings. The first-order valence-electron chi connectivity index (χ1n) is 6.03. The third kappa shape index (κ3) is 3.20. The molecule has 1 saturated heterocycles. The largest absolute Gasteiger partial charge is 0.337 e. The van der Waals surface area contributed by atoms with Gasteiger partial charge in [-0.2, -0.15) is 0 Å². The lowest BCUT2D eigenvalue weighted by Crippen LogP contribution is -2.40. The maximum atomic E-state index is 12.3. The van der Waals surface area contributed by atoms with Gasteiger partial charge < -0.3 is 10.2 Å². The number of nitrogens with one attached hydrogen (secondary N) is 1. The Balaban J connectivity index is 2.10. The average molecular weight is 253 g/mol.